The molecule has 0 radical (unpaired) electrons. The molecule has 0 aliphatic carbocycles. The van der Waals surface area contributed by atoms with Crippen LogP contribution in [0.2, 0.25) is 5.02 Å². The highest BCUT2D eigenvalue weighted by Gasteiger charge is 2.24. The number of fused-ring (bicyclic) bond motifs is 1. The fourth-order valence-corrected chi connectivity index (χ4v) is 2.46. The highest BCUT2D eigenvalue weighted by molar-refractivity contribution is 6.31. The van der Waals surface area contributed by atoms with E-state index in [1.807, 2.05) is 24.3 Å². The number of carboxylic acid groups (broad SMARTS) is 1. The molecule has 1 unspecified atom stereocenters. The maximum absolute atomic E-state index is 11.3. The lowest BCUT2D eigenvalue weighted by molar-refractivity contribution is 0.0698. The summed E-state index contributed by atoms with van der Waals surface area (Å²) >= 11 is 5.84. The Balaban J connectivity index is 1.92. The fourth-order valence-electron chi connectivity index (χ4n) is 2.29. The quantitative estimate of drug-likeness (QED) is 0.907. The molecule has 3 rings (SSSR count). The lowest BCUT2D eigenvalue weighted by Crippen LogP contribution is -2.14. The number of para-hydroxylation sites is 1. The van der Waals surface area contributed by atoms with Crippen LogP contribution in [0, 0.1) is 0 Å². The summed E-state index contributed by atoms with van der Waals surface area (Å²) in [6.45, 7) is 0.473. The van der Waals surface area contributed by atoms with E-state index < -0.39 is 5.97 Å². The summed E-state index contributed by atoms with van der Waals surface area (Å²) in [4.78, 5) is 11.3. The van der Waals surface area contributed by atoms with Gasteiger partial charge in [0.2, 0.25) is 0 Å². The van der Waals surface area contributed by atoms with Crippen LogP contribution < -0.4 is 10.1 Å². The normalized spacial score (nSPS) is 16.4. The number of carbonyl (C=O) groups is 1. The minimum absolute atomic E-state index is 0.0644. The van der Waals surface area contributed by atoms with Crippen molar-refractivity contribution in [3.8, 4) is 5.75 Å². The van der Waals surface area contributed by atoms with Gasteiger partial charge in [-0.25, -0.2) is 4.79 Å². The lowest BCUT2D eigenvalue weighted by atomic mass is 10.1. The molecule has 1 atom stereocenters. The van der Waals surface area contributed by atoms with Crippen LogP contribution in [0.1, 0.15) is 22.0 Å². The van der Waals surface area contributed by atoms with Crippen LogP contribution in [0.15, 0.2) is 42.5 Å². The second-order valence-corrected chi connectivity index (χ2v) is 4.98. The standard InChI is InChI=1S/C15H12ClNO3/c16-9-5-6-12(11(7-9)15(18)19)17-13-8-20-14-4-2-1-3-10(13)14/h1-7,13,17H,8H2,(H,18,19). The Bertz CT molecular complexity index is 672. The van der Waals surface area contributed by atoms with Gasteiger partial charge in [0, 0.05) is 16.3 Å². The highest BCUT2D eigenvalue weighted by Crippen LogP contribution is 2.35. The van der Waals surface area contributed by atoms with E-state index in [-0.39, 0.29) is 11.6 Å². The molecule has 1 heterocycles. The van der Waals surface area contributed by atoms with E-state index in [4.69, 9.17) is 16.3 Å². The van der Waals surface area contributed by atoms with Crippen LogP contribution in [0.3, 0.4) is 0 Å². The largest absolute Gasteiger partial charge is 0.491 e. The first-order valence-corrected chi connectivity index (χ1v) is 6.54. The van der Waals surface area contributed by atoms with Gasteiger partial charge in [-0.15, -0.1) is 0 Å². The minimum atomic E-state index is -1.01. The first kappa shape index (κ1) is 12.8. The van der Waals surface area contributed by atoms with Gasteiger partial charge >= 0.3 is 5.97 Å². The predicted octanol–water partition coefficient (Wildman–Crippen LogP) is 3.58. The summed E-state index contributed by atoms with van der Waals surface area (Å²) < 4.78 is 5.57. The van der Waals surface area contributed by atoms with Crippen LogP contribution in [0.25, 0.3) is 0 Å². The summed E-state index contributed by atoms with van der Waals surface area (Å²) in [7, 11) is 0. The summed E-state index contributed by atoms with van der Waals surface area (Å²) in [5.74, 6) is -0.182. The van der Waals surface area contributed by atoms with Crippen LogP contribution in [-0.4, -0.2) is 17.7 Å². The number of carboxylic acids is 1. The molecule has 4 nitrogen and oxygen atoms in total. The third kappa shape index (κ3) is 2.30. The summed E-state index contributed by atoms with van der Waals surface area (Å²) in [5.41, 5.74) is 1.72. The van der Waals surface area contributed by atoms with Gasteiger partial charge in [-0.3, -0.25) is 0 Å². The third-order valence-electron chi connectivity index (χ3n) is 3.24. The van der Waals surface area contributed by atoms with Gasteiger partial charge in [-0.05, 0) is 24.3 Å². The van der Waals surface area contributed by atoms with Crippen LogP contribution in [0.5, 0.6) is 5.75 Å². The predicted molar refractivity (Wildman–Crippen MR) is 76.7 cm³/mol. The first-order valence-electron chi connectivity index (χ1n) is 6.16. The molecule has 1 aliphatic rings. The lowest BCUT2D eigenvalue weighted by Gasteiger charge is -2.15. The maximum Gasteiger partial charge on any atom is 0.337 e. The smallest absolute Gasteiger partial charge is 0.337 e. The van der Waals surface area contributed by atoms with Crippen molar-refractivity contribution in [3.05, 3.63) is 58.6 Å². The van der Waals surface area contributed by atoms with Gasteiger partial charge in [0.15, 0.2) is 0 Å². The zero-order valence-electron chi connectivity index (χ0n) is 10.5. The Kier molecular flexibility index (Phi) is 3.24. The number of halogens is 1. The highest BCUT2D eigenvalue weighted by atomic mass is 35.5. The first-order chi connectivity index (χ1) is 9.65. The Labute approximate surface area is 120 Å². The van der Waals surface area contributed by atoms with E-state index in [0.29, 0.717) is 17.3 Å². The second-order valence-electron chi connectivity index (χ2n) is 4.54. The molecule has 0 fully saturated rings. The molecule has 2 aromatic rings. The van der Waals surface area contributed by atoms with Gasteiger partial charge in [0.25, 0.3) is 0 Å². The van der Waals surface area contributed by atoms with Crippen molar-refractivity contribution in [2.45, 2.75) is 6.04 Å². The number of hydrogen-bond donors (Lipinski definition) is 2. The van der Waals surface area contributed by atoms with Gasteiger partial charge in [0.05, 0.1) is 11.6 Å². The zero-order valence-corrected chi connectivity index (χ0v) is 11.2. The van der Waals surface area contributed by atoms with E-state index >= 15 is 0 Å². The van der Waals surface area contributed by atoms with Crippen molar-refractivity contribution in [2.75, 3.05) is 11.9 Å². The fraction of sp³-hybridized carbons (Fsp3) is 0.133. The van der Waals surface area contributed by atoms with Crippen molar-refractivity contribution in [1.29, 1.82) is 0 Å². The Morgan fingerprint density at radius 3 is 2.90 bits per heavy atom. The number of nitrogens with one attached hydrogen (secondary N) is 1. The summed E-state index contributed by atoms with van der Waals surface area (Å²) in [5, 5.41) is 12.8. The molecule has 1 aliphatic heterocycles. The molecule has 0 bridgehead atoms. The molecular formula is C15H12ClNO3. The molecule has 0 aromatic heterocycles. The maximum atomic E-state index is 11.3. The Hall–Kier alpha value is -2.20. The van der Waals surface area contributed by atoms with E-state index in [1.54, 1.807) is 12.1 Å². The molecule has 0 amide bonds. The molecular weight excluding hydrogens is 278 g/mol. The molecule has 20 heavy (non-hydrogen) atoms. The van der Waals surface area contributed by atoms with E-state index in [0.717, 1.165) is 11.3 Å². The van der Waals surface area contributed by atoms with Gasteiger partial charge in [-0.1, -0.05) is 29.8 Å². The summed E-state index contributed by atoms with van der Waals surface area (Å²) in [6.07, 6.45) is 0. The molecule has 0 saturated heterocycles. The van der Waals surface area contributed by atoms with Crippen LogP contribution in [0.4, 0.5) is 5.69 Å². The second kappa shape index (κ2) is 5.06. The molecule has 5 heteroatoms. The minimum Gasteiger partial charge on any atom is -0.491 e. The Morgan fingerprint density at radius 1 is 1.30 bits per heavy atom. The number of rotatable bonds is 3. The number of benzene rings is 2. The zero-order chi connectivity index (χ0) is 14.1. The van der Waals surface area contributed by atoms with Crippen LogP contribution in [-0.2, 0) is 0 Å². The molecule has 102 valence electrons. The average molecular weight is 290 g/mol. The average Bonchev–Trinajstić information content (AvgIpc) is 2.84. The Morgan fingerprint density at radius 2 is 2.10 bits per heavy atom. The van der Waals surface area contributed by atoms with E-state index in [2.05, 4.69) is 5.32 Å². The molecule has 0 spiro atoms. The van der Waals surface area contributed by atoms with Crippen molar-refractivity contribution < 1.29 is 14.6 Å². The van der Waals surface area contributed by atoms with Crippen molar-refractivity contribution in [3.63, 3.8) is 0 Å². The number of hydrogen-bond acceptors (Lipinski definition) is 3. The third-order valence-corrected chi connectivity index (χ3v) is 3.48. The number of anilines is 1. The number of aromatic carboxylic acids is 1. The molecule has 2 aromatic carbocycles. The van der Waals surface area contributed by atoms with Gasteiger partial charge in [-0.2, -0.15) is 0 Å². The SMILES string of the molecule is O=C(O)c1cc(Cl)ccc1NC1COc2ccccc21. The molecule has 0 saturated carbocycles. The van der Waals surface area contributed by atoms with E-state index in [1.165, 1.54) is 6.07 Å². The number of ether oxygens (including phenoxy) is 1. The van der Waals surface area contributed by atoms with Crippen molar-refractivity contribution >= 4 is 23.3 Å². The summed E-state index contributed by atoms with van der Waals surface area (Å²) in [6, 6.07) is 12.4. The van der Waals surface area contributed by atoms with Crippen molar-refractivity contribution in [2.24, 2.45) is 0 Å². The van der Waals surface area contributed by atoms with Crippen LogP contribution >= 0.6 is 11.6 Å². The van der Waals surface area contributed by atoms with E-state index in [9.17, 15) is 9.90 Å². The van der Waals surface area contributed by atoms with Gasteiger partial charge in [0.1, 0.15) is 12.4 Å². The topological polar surface area (TPSA) is 58.6 Å². The molecule has 2 N–H and O–H groups in total. The van der Waals surface area contributed by atoms with Gasteiger partial charge < -0.3 is 15.2 Å². The monoisotopic (exact) mass is 289 g/mol. The van der Waals surface area contributed by atoms with Crippen molar-refractivity contribution in [1.82, 2.24) is 0 Å².